The summed E-state index contributed by atoms with van der Waals surface area (Å²) in [5, 5.41) is 4.87. The molecule has 1 aliphatic heterocycles. The molecule has 1 aromatic heterocycles. The normalized spacial score (nSPS) is 17.3. The van der Waals surface area contributed by atoms with Crippen LogP contribution >= 0.6 is 27.3 Å². The molecule has 0 bridgehead atoms. The summed E-state index contributed by atoms with van der Waals surface area (Å²) in [6.07, 6.45) is 1.97. The van der Waals surface area contributed by atoms with Crippen LogP contribution in [0.25, 0.3) is 0 Å². The molecule has 1 atom stereocenters. The van der Waals surface area contributed by atoms with Gasteiger partial charge in [-0.15, -0.1) is 11.3 Å². The predicted molar refractivity (Wildman–Crippen MR) is 95.5 cm³/mol. The van der Waals surface area contributed by atoms with Crippen molar-refractivity contribution in [2.75, 3.05) is 11.9 Å². The van der Waals surface area contributed by atoms with Gasteiger partial charge in [0.2, 0.25) is 11.8 Å². The van der Waals surface area contributed by atoms with Crippen molar-refractivity contribution in [1.29, 1.82) is 0 Å². The Bertz CT molecular complexity index is 685. The van der Waals surface area contributed by atoms with Gasteiger partial charge in [0.1, 0.15) is 6.04 Å². The lowest BCUT2D eigenvalue weighted by atomic mass is 10.2. The van der Waals surface area contributed by atoms with E-state index in [9.17, 15) is 9.59 Å². The van der Waals surface area contributed by atoms with Crippen molar-refractivity contribution in [2.45, 2.75) is 25.3 Å². The smallest absolute Gasteiger partial charge is 0.247 e. The monoisotopic (exact) mass is 392 g/mol. The van der Waals surface area contributed by atoms with Crippen LogP contribution in [0.1, 0.15) is 17.7 Å². The van der Waals surface area contributed by atoms with E-state index in [1.54, 1.807) is 16.2 Å². The van der Waals surface area contributed by atoms with Crippen molar-refractivity contribution in [3.05, 3.63) is 51.1 Å². The van der Waals surface area contributed by atoms with E-state index < -0.39 is 0 Å². The van der Waals surface area contributed by atoms with E-state index in [-0.39, 0.29) is 17.9 Å². The summed E-state index contributed by atoms with van der Waals surface area (Å²) in [6, 6.07) is 11.0. The molecule has 4 nitrogen and oxygen atoms in total. The molecule has 120 valence electrons. The second kappa shape index (κ2) is 7.27. The average molecular weight is 393 g/mol. The minimum absolute atomic E-state index is 0.0286. The number of rotatable bonds is 4. The van der Waals surface area contributed by atoms with Crippen molar-refractivity contribution < 1.29 is 9.59 Å². The SMILES string of the molecule is O=C(Nc1ccc(Br)cc1)C1CCCN1C(=O)Cc1cccs1. The first-order chi connectivity index (χ1) is 11.1. The lowest BCUT2D eigenvalue weighted by molar-refractivity contribution is -0.136. The van der Waals surface area contributed by atoms with Crippen molar-refractivity contribution in [2.24, 2.45) is 0 Å². The molecule has 1 fully saturated rings. The van der Waals surface area contributed by atoms with E-state index >= 15 is 0 Å². The van der Waals surface area contributed by atoms with Gasteiger partial charge >= 0.3 is 0 Å². The molecule has 0 aliphatic carbocycles. The van der Waals surface area contributed by atoms with E-state index in [0.717, 1.165) is 27.9 Å². The molecule has 0 radical (unpaired) electrons. The lowest BCUT2D eigenvalue weighted by Gasteiger charge is -2.24. The summed E-state index contributed by atoms with van der Waals surface area (Å²) in [5.74, 6) is -0.0785. The highest BCUT2D eigenvalue weighted by Crippen LogP contribution is 2.22. The topological polar surface area (TPSA) is 49.4 Å². The fourth-order valence-corrected chi connectivity index (χ4v) is 3.72. The summed E-state index contributed by atoms with van der Waals surface area (Å²) in [6.45, 7) is 0.655. The van der Waals surface area contributed by atoms with Gasteiger partial charge in [0.15, 0.2) is 0 Å². The number of carbonyl (C=O) groups is 2. The maximum absolute atomic E-state index is 12.5. The number of carbonyl (C=O) groups excluding carboxylic acids is 2. The first-order valence-corrected chi connectivity index (χ1v) is 9.19. The molecule has 0 spiro atoms. The third kappa shape index (κ3) is 4.00. The van der Waals surface area contributed by atoms with Gasteiger partial charge in [0.05, 0.1) is 6.42 Å². The number of hydrogen-bond donors (Lipinski definition) is 1. The minimum atomic E-state index is -0.369. The van der Waals surface area contributed by atoms with Crippen LogP contribution in [0.3, 0.4) is 0 Å². The summed E-state index contributed by atoms with van der Waals surface area (Å²) in [7, 11) is 0. The Morgan fingerprint density at radius 3 is 2.74 bits per heavy atom. The highest BCUT2D eigenvalue weighted by Gasteiger charge is 2.33. The van der Waals surface area contributed by atoms with Gasteiger partial charge in [-0.1, -0.05) is 22.0 Å². The molecule has 2 aromatic rings. The molecule has 1 saturated heterocycles. The molecular formula is C17H17BrN2O2S. The van der Waals surface area contributed by atoms with Gasteiger partial charge in [-0.25, -0.2) is 0 Å². The molecule has 1 N–H and O–H groups in total. The zero-order valence-electron chi connectivity index (χ0n) is 12.5. The highest BCUT2D eigenvalue weighted by molar-refractivity contribution is 9.10. The molecule has 3 rings (SSSR count). The summed E-state index contributed by atoms with van der Waals surface area (Å²) < 4.78 is 0.962. The Balaban J connectivity index is 1.64. The number of thiophene rings is 1. The van der Waals surface area contributed by atoms with Gasteiger partial charge in [0.25, 0.3) is 0 Å². The predicted octanol–water partition coefficient (Wildman–Crippen LogP) is 3.68. The number of amides is 2. The lowest BCUT2D eigenvalue weighted by Crippen LogP contribution is -2.43. The first kappa shape index (κ1) is 16.2. The Hall–Kier alpha value is -1.66. The number of anilines is 1. The van der Waals surface area contributed by atoms with Gasteiger partial charge in [-0.05, 0) is 48.6 Å². The molecule has 2 heterocycles. The van der Waals surface area contributed by atoms with Crippen molar-refractivity contribution in [3.8, 4) is 0 Å². The van der Waals surface area contributed by atoms with Crippen LogP contribution in [0.15, 0.2) is 46.3 Å². The quantitative estimate of drug-likeness (QED) is 0.862. The van der Waals surface area contributed by atoms with Gasteiger partial charge < -0.3 is 10.2 Å². The largest absolute Gasteiger partial charge is 0.330 e. The molecule has 23 heavy (non-hydrogen) atoms. The molecule has 2 amide bonds. The van der Waals surface area contributed by atoms with Crippen LogP contribution in [-0.2, 0) is 16.0 Å². The number of benzene rings is 1. The molecule has 6 heteroatoms. The Labute approximate surface area is 147 Å². The fourth-order valence-electron chi connectivity index (χ4n) is 2.76. The summed E-state index contributed by atoms with van der Waals surface area (Å²) in [5.41, 5.74) is 0.746. The number of hydrogen-bond acceptors (Lipinski definition) is 3. The Morgan fingerprint density at radius 2 is 2.04 bits per heavy atom. The molecule has 1 aliphatic rings. The third-order valence-electron chi connectivity index (χ3n) is 3.89. The number of likely N-dealkylation sites (tertiary alicyclic amines) is 1. The first-order valence-electron chi connectivity index (χ1n) is 7.52. The van der Waals surface area contributed by atoms with E-state index in [1.807, 2.05) is 41.8 Å². The molecule has 0 saturated carbocycles. The van der Waals surface area contributed by atoms with Crippen LogP contribution in [0.5, 0.6) is 0 Å². The average Bonchev–Trinajstić information content (AvgIpc) is 3.20. The Morgan fingerprint density at radius 1 is 1.26 bits per heavy atom. The van der Waals surface area contributed by atoms with Crippen molar-refractivity contribution >= 4 is 44.8 Å². The minimum Gasteiger partial charge on any atom is -0.330 e. The van der Waals surface area contributed by atoms with E-state index in [4.69, 9.17) is 0 Å². The standard InChI is InChI=1S/C17H17BrN2O2S/c18-12-5-7-13(8-6-12)19-17(22)15-4-1-9-20(15)16(21)11-14-3-2-10-23-14/h2-3,5-8,10,15H,1,4,9,11H2,(H,19,22). The zero-order valence-corrected chi connectivity index (χ0v) is 14.9. The van der Waals surface area contributed by atoms with Gasteiger partial charge in [-0.3, -0.25) is 9.59 Å². The molecule has 1 unspecified atom stereocenters. The van der Waals surface area contributed by atoms with Crippen molar-refractivity contribution in [3.63, 3.8) is 0 Å². The molecule has 1 aromatic carbocycles. The van der Waals surface area contributed by atoms with E-state index in [2.05, 4.69) is 21.2 Å². The number of halogens is 1. The van der Waals surface area contributed by atoms with Gasteiger partial charge in [0, 0.05) is 21.6 Å². The maximum atomic E-state index is 12.5. The van der Waals surface area contributed by atoms with Crippen LogP contribution in [-0.4, -0.2) is 29.3 Å². The fraction of sp³-hybridized carbons (Fsp3) is 0.294. The summed E-state index contributed by atoms with van der Waals surface area (Å²) in [4.78, 5) is 27.7. The maximum Gasteiger partial charge on any atom is 0.247 e. The number of nitrogens with one attached hydrogen (secondary N) is 1. The number of nitrogens with zero attached hydrogens (tertiary/aromatic N) is 1. The van der Waals surface area contributed by atoms with Crippen LogP contribution in [0.4, 0.5) is 5.69 Å². The van der Waals surface area contributed by atoms with Crippen LogP contribution in [0, 0.1) is 0 Å². The highest BCUT2D eigenvalue weighted by atomic mass is 79.9. The third-order valence-corrected chi connectivity index (χ3v) is 5.30. The summed E-state index contributed by atoms with van der Waals surface area (Å²) >= 11 is 4.94. The van der Waals surface area contributed by atoms with E-state index in [0.29, 0.717) is 13.0 Å². The second-order valence-corrected chi connectivity index (χ2v) is 7.45. The molecular weight excluding hydrogens is 376 g/mol. The van der Waals surface area contributed by atoms with Crippen LogP contribution in [0.2, 0.25) is 0 Å². The van der Waals surface area contributed by atoms with E-state index in [1.165, 1.54) is 0 Å². The zero-order chi connectivity index (χ0) is 16.2. The second-order valence-electron chi connectivity index (χ2n) is 5.50. The van der Waals surface area contributed by atoms with Crippen LogP contribution < -0.4 is 5.32 Å². The Kier molecular flexibility index (Phi) is 5.13. The van der Waals surface area contributed by atoms with Gasteiger partial charge in [-0.2, -0.15) is 0 Å². The van der Waals surface area contributed by atoms with Crippen molar-refractivity contribution in [1.82, 2.24) is 4.90 Å².